The second kappa shape index (κ2) is 3.36. The highest BCUT2D eigenvalue weighted by Crippen LogP contribution is 2.43. The van der Waals surface area contributed by atoms with Crippen molar-refractivity contribution in [1.29, 1.82) is 10.5 Å². The van der Waals surface area contributed by atoms with Crippen LogP contribution >= 0.6 is 11.6 Å². The van der Waals surface area contributed by atoms with Crippen LogP contribution in [0.25, 0.3) is 0 Å². The van der Waals surface area contributed by atoms with Crippen molar-refractivity contribution < 1.29 is 13.2 Å². The number of alkyl halides is 2. The van der Waals surface area contributed by atoms with Crippen molar-refractivity contribution in [2.45, 2.75) is 5.92 Å². The third-order valence-electron chi connectivity index (χ3n) is 1.72. The first-order valence-corrected chi connectivity index (χ1v) is 3.77. The van der Waals surface area contributed by atoms with Gasteiger partial charge >= 0.3 is 5.92 Å². The van der Waals surface area contributed by atoms with E-state index in [2.05, 4.69) is 0 Å². The average Bonchev–Trinajstić information content (AvgIpc) is 2.12. The molecule has 1 rings (SSSR count). The molecule has 0 saturated heterocycles. The summed E-state index contributed by atoms with van der Waals surface area (Å²) in [5.41, 5.74) is -1.00. The fourth-order valence-electron chi connectivity index (χ4n) is 0.989. The molecule has 0 aliphatic heterocycles. The van der Waals surface area contributed by atoms with Crippen molar-refractivity contribution in [2.75, 3.05) is 0 Å². The molecule has 0 amide bonds. The molecule has 0 aromatic rings. The summed E-state index contributed by atoms with van der Waals surface area (Å²) in [4.78, 5) is 0. The highest BCUT2D eigenvalue weighted by Gasteiger charge is 2.50. The number of nitriles is 2. The largest absolute Gasteiger partial charge is 0.304 e. The maximum Gasteiger partial charge on any atom is 0.304 e. The Morgan fingerprint density at radius 3 is 2.43 bits per heavy atom. The SMILES string of the molecule is N#CC1=CC(Cl)=C(F)C(C#N)C1(F)F. The van der Waals surface area contributed by atoms with Gasteiger partial charge in [-0.25, -0.2) is 4.39 Å². The maximum absolute atomic E-state index is 13.1. The molecule has 6 heteroatoms. The summed E-state index contributed by atoms with van der Waals surface area (Å²) in [5, 5.41) is 16.0. The van der Waals surface area contributed by atoms with Crippen molar-refractivity contribution in [3.8, 4) is 12.1 Å². The van der Waals surface area contributed by atoms with Crippen LogP contribution in [0.5, 0.6) is 0 Å². The van der Waals surface area contributed by atoms with Crippen LogP contribution in [0.2, 0.25) is 0 Å². The van der Waals surface area contributed by atoms with Crippen molar-refractivity contribution >= 4 is 11.6 Å². The Bertz CT molecular complexity index is 411. The van der Waals surface area contributed by atoms with Gasteiger partial charge in [0, 0.05) is 0 Å². The van der Waals surface area contributed by atoms with E-state index in [4.69, 9.17) is 22.1 Å². The second-order valence-corrected chi connectivity index (χ2v) is 2.96. The Kier molecular flexibility index (Phi) is 2.55. The van der Waals surface area contributed by atoms with E-state index in [1.165, 1.54) is 6.07 Å². The molecular formula is C8H2ClF3N2. The minimum Gasteiger partial charge on any atom is -0.208 e. The number of nitrogens with zero attached hydrogens (tertiary/aromatic N) is 2. The molecule has 1 aliphatic rings. The zero-order chi connectivity index (χ0) is 10.9. The van der Waals surface area contributed by atoms with E-state index in [1.54, 1.807) is 0 Å². The lowest BCUT2D eigenvalue weighted by molar-refractivity contribution is 0.00920. The third-order valence-corrected chi connectivity index (χ3v) is 2.01. The highest BCUT2D eigenvalue weighted by atomic mass is 35.5. The number of allylic oxidation sites excluding steroid dienone is 4. The van der Waals surface area contributed by atoms with Crippen LogP contribution in [0, 0.1) is 28.6 Å². The summed E-state index contributed by atoms with van der Waals surface area (Å²) in [6.45, 7) is 0. The third kappa shape index (κ3) is 1.36. The normalized spacial score (nSPS) is 25.0. The second-order valence-electron chi connectivity index (χ2n) is 2.55. The van der Waals surface area contributed by atoms with Crippen molar-refractivity contribution in [3.63, 3.8) is 0 Å². The van der Waals surface area contributed by atoms with Gasteiger partial charge in [-0.2, -0.15) is 19.3 Å². The van der Waals surface area contributed by atoms with Gasteiger partial charge < -0.3 is 0 Å². The zero-order valence-electron chi connectivity index (χ0n) is 6.56. The fraction of sp³-hybridized carbons (Fsp3) is 0.250. The Hall–Kier alpha value is -1.46. The maximum atomic E-state index is 13.1. The van der Waals surface area contributed by atoms with Gasteiger partial charge in [0.2, 0.25) is 0 Å². The molecule has 1 aliphatic carbocycles. The van der Waals surface area contributed by atoms with Crippen LogP contribution in [0.3, 0.4) is 0 Å². The smallest absolute Gasteiger partial charge is 0.208 e. The van der Waals surface area contributed by atoms with Gasteiger partial charge in [-0.1, -0.05) is 11.6 Å². The molecule has 0 fully saturated rings. The van der Waals surface area contributed by atoms with E-state index < -0.39 is 28.3 Å². The summed E-state index contributed by atoms with van der Waals surface area (Å²) in [7, 11) is 0. The standard InChI is InChI=1S/C8H2ClF3N2/c9-6-1-4(2-13)8(11,12)5(3-14)7(6)10/h1,5H. The lowest BCUT2D eigenvalue weighted by Crippen LogP contribution is -2.32. The van der Waals surface area contributed by atoms with E-state index in [0.717, 1.165) is 6.07 Å². The number of rotatable bonds is 0. The first kappa shape index (κ1) is 10.6. The summed E-state index contributed by atoms with van der Waals surface area (Å²) in [5.74, 6) is -7.53. The minimum atomic E-state index is -3.81. The number of hydrogen-bond donors (Lipinski definition) is 0. The van der Waals surface area contributed by atoms with E-state index in [1.807, 2.05) is 0 Å². The van der Waals surface area contributed by atoms with Gasteiger partial charge in [-0.3, -0.25) is 0 Å². The van der Waals surface area contributed by atoms with Crippen LogP contribution in [0.4, 0.5) is 13.2 Å². The molecule has 2 nitrogen and oxygen atoms in total. The lowest BCUT2D eigenvalue weighted by atomic mass is 9.90. The van der Waals surface area contributed by atoms with E-state index in [-0.39, 0.29) is 0 Å². The molecular weight excluding hydrogens is 217 g/mol. The molecule has 0 N–H and O–H groups in total. The van der Waals surface area contributed by atoms with Crippen molar-refractivity contribution in [2.24, 2.45) is 5.92 Å². The molecule has 0 heterocycles. The Morgan fingerprint density at radius 1 is 1.43 bits per heavy atom. The Morgan fingerprint density at radius 2 is 2.00 bits per heavy atom. The van der Waals surface area contributed by atoms with Gasteiger partial charge in [-0.15, -0.1) is 0 Å². The predicted octanol–water partition coefficient (Wildman–Crippen LogP) is 2.64. The fourth-order valence-corrected chi connectivity index (χ4v) is 1.21. The van der Waals surface area contributed by atoms with E-state index >= 15 is 0 Å². The summed E-state index contributed by atoms with van der Waals surface area (Å²) in [6, 6.07) is 2.26. The summed E-state index contributed by atoms with van der Waals surface area (Å²) >= 11 is 5.23. The topological polar surface area (TPSA) is 47.6 Å². The van der Waals surface area contributed by atoms with Gasteiger partial charge in [0.15, 0.2) is 5.92 Å². The summed E-state index contributed by atoms with van der Waals surface area (Å²) < 4.78 is 39.2. The monoisotopic (exact) mass is 218 g/mol. The highest BCUT2D eigenvalue weighted by molar-refractivity contribution is 6.31. The van der Waals surface area contributed by atoms with Gasteiger partial charge in [0.1, 0.15) is 17.5 Å². The molecule has 1 atom stereocenters. The van der Waals surface area contributed by atoms with E-state index in [9.17, 15) is 13.2 Å². The van der Waals surface area contributed by atoms with E-state index in [0.29, 0.717) is 6.08 Å². The molecule has 0 radical (unpaired) electrons. The van der Waals surface area contributed by atoms with Crippen LogP contribution in [-0.4, -0.2) is 5.92 Å². The molecule has 1 unspecified atom stereocenters. The molecule has 0 bridgehead atoms. The summed E-state index contributed by atoms with van der Waals surface area (Å²) in [6.07, 6.45) is 0.532. The van der Waals surface area contributed by atoms with Gasteiger partial charge in [-0.05, 0) is 6.08 Å². The molecule has 0 aromatic carbocycles. The molecule has 14 heavy (non-hydrogen) atoms. The van der Waals surface area contributed by atoms with Crippen LogP contribution in [0.15, 0.2) is 22.5 Å². The van der Waals surface area contributed by atoms with Crippen LogP contribution < -0.4 is 0 Å². The Labute approximate surface area is 82.5 Å². The molecule has 0 aromatic heterocycles. The molecule has 0 saturated carbocycles. The predicted molar refractivity (Wildman–Crippen MR) is 41.7 cm³/mol. The van der Waals surface area contributed by atoms with Crippen LogP contribution in [0.1, 0.15) is 0 Å². The number of hydrogen-bond acceptors (Lipinski definition) is 2. The quantitative estimate of drug-likeness (QED) is 0.628. The first-order chi connectivity index (χ1) is 6.45. The van der Waals surface area contributed by atoms with Crippen LogP contribution in [-0.2, 0) is 0 Å². The molecule has 72 valence electrons. The minimum absolute atomic E-state index is 0.532. The van der Waals surface area contributed by atoms with Gasteiger partial charge in [0.05, 0.1) is 11.1 Å². The first-order valence-electron chi connectivity index (χ1n) is 3.40. The van der Waals surface area contributed by atoms with Crippen molar-refractivity contribution in [3.05, 3.63) is 22.5 Å². The average molecular weight is 219 g/mol. The zero-order valence-corrected chi connectivity index (χ0v) is 7.32. The Balaban J connectivity index is 3.36. The van der Waals surface area contributed by atoms with Gasteiger partial charge in [0.25, 0.3) is 0 Å². The number of halogens is 4. The van der Waals surface area contributed by atoms with Crippen molar-refractivity contribution in [1.82, 2.24) is 0 Å². The lowest BCUT2D eigenvalue weighted by Gasteiger charge is -2.23. The molecule has 0 spiro atoms.